The fourth-order valence-corrected chi connectivity index (χ4v) is 2.69. The smallest absolute Gasteiger partial charge is 0.145 e. The third-order valence-corrected chi connectivity index (χ3v) is 3.96. The molecule has 0 amide bonds. The Morgan fingerprint density at radius 1 is 0.833 bits per heavy atom. The molecule has 0 aliphatic rings. The summed E-state index contributed by atoms with van der Waals surface area (Å²) in [5.74, 6) is 0.740. The van der Waals surface area contributed by atoms with E-state index in [2.05, 4.69) is 40.2 Å². The highest BCUT2D eigenvalue weighted by Gasteiger charge is 2.09. The van der Waals surface area contributed by atoms with E-state index in [1.165, 1.54) is 0 Å². The van der Waals surface area contributed by atoms with Gasteiger partial charge in [-0.25, -0.2) is 4.99 Å². The van der Waals surface area contributed by atoms with Crippen molar-refractivity contribution < 1.29 is 4.74 Å². The summed E-state index contributed by atoms with van der Waals surface area (Å²) in [6, 6.07) is 26.2. The van der Waals surface area contributed by atoms with Gasteiger partial charge in [0.2, 0.25) is 0 Å². The van der Waals surface area contributed by atoms with Gasteiger partial charge in [0.1, 0.15) is 11.4 Å². The van der Waals surface area contributed by atoms with Crippen LogP contribution in [0.2, 0.25) is 0 Å². The fourth-order valence-electron chi connectivity index (χ4n) is 2.35. The van der Waals surface area contributed by atoms with Crippen LogP contribution in [0.25, 0.3) is 0 Å². The summed E-state index contributed by atoms with van der Waals surface area (Å²) in [6.07, 6.45) is 0. The Morgan fingerprint density at radius 3 is 1.88 bits per heavy atom. The van der Waals surface area contributed by atoms with E-state index in [0.29, 0.717) is 0 Å². The van der Waals surface area contributed by atoms with Crippen molar-refractivity contribution in [3.63, 3.8) is 0 Å². The van der Waals surface area contributed by atoms with Crippen molar-refractivity contribution >= 4 is 27.3 Å². The van der Waals surface area contributed by atoms with Gasteiger partial charge in [-0.15, -0.1) is 0 Å². The zero-order chi connectivity index (χ0) is 16.1. The highest BCUT2D eigenvalue weighted by atomic mass is 79.9. The number of benzene rings is 3. The van der Waals surface area contributed by atoms with Gasteiger partial charge in [0.25, 0.3) is 0 Å². The van der Waals surface area contributed by atoms with Crippen LogP contribution in [0.5, 0.6) is 5.75 Å². The van der Waals surface area contributed by atoms with Crippen molar-refractivity contribution in [3.05, 3.63) is 94.5 Å². The molecule has 3 rings (SSSR count). The topological polar surface area (TPSA) is 56.6 Å². The van der Waals surface area contributed by atoms with Crippen molar-refractivity contribution in [2.75, 3.05) is 7.11 Å². The van der Waals surface area contributed by atoms with Gasteiger partial charge in [0.15, 0.2) is 0 Å². The van der Waals surface area contributed by atoms with Crippen molar-refractivity contribution in [3.8, 4) is 5.75 Å². The molecule has 0 saturated carbocycles. The molecule has 3 aromatic carbocycles. The van der Waals surface area contributed by atoms with Gasteiger partial charge >= 0.3 is 0 Å². The largest absolute Gasteiger partial charge is 0.494 e. The van der Waals surface area contributed by atoms with Crippen LogP contribution < -0.4 is 10.9 Å². The summed E-state index contributed by atoms with van der Waals surface area (Å²) in [5.41, 5.74) is 3.87. The molecule has 0 unspecified atom stereocenters. The highest BCUT2D eigenvalue weighted by Crippen LogP contribution is 2.31. The Balaban J connectivity index is 0.00000208. The number of aliphatic imine (C=N–C) groups is 1. The van der Waals surface area contributed by atoms with Crippen molar-refractivity contribution in [1.29, 1.82) is 0 Å². The summed E-state index contributed by atoms with van der Waals surface area (Å²) < 4.78 is 6.43. The molecule has 3 N–H and O–H groups in total. The van der Waals surface area contributed by atoms with Gasteiger partial charge in [0, 0.05) is 15.6 Å². The SMILES string of the molecule is COc1cc(Br)ccc1N=C(c1ccccc1)c1ccccc1.N. The first kappa shape index (κ1) is 17.9. The van der Waals surface area contributed by atoms with E-state index in [1.807, 2.05) is 54.6 Å². The first-order valence-electron chi connectivity index (χ1n) is 7.31. The van der Waals surface area contributed by atoms with Crippen LogP contribution >= 0.6 is 15.9 Å². The van der Waals surface area contributed by atoms with Gasteiger partial charge in [0.05, 0.1) is 12.8 Å². The van der Waals surface area contributed by atoms with Crippen LogP contribution in [0.4, 0.5) is 5.69 Å². The van der Waals surface area contributed by atoms with Crippen molar-refractivity contribution in [2.45, 2.75) is 0 Å². The third kappa shape index (κ3) is 4.10. The van der Waals surface area contributed by atoms with Crippen LogP contribution in [0.3, 0.4) is 0 Å². The molecule has 0 saturated heterocycles. The van der Waals surface area contributed by atoms with Gasteiger partial charge in [-0.2, -0.15) is 0 Å². The second-order valence-corrected chi connectivity index (χ2v) is 5.92. The van der Waals surface area contributed by atoms with Gasteiger partial charge in [-0.3, -0.25) is 0 Å². The lowest BCUT2D eigenvalue weighted by Gasteiger charge is -2.10. The maximum Gasteiger partial charge on any atom is 0.145 e. The molecule has 0 aromatic heterocycles. The molecule has 0 aliphatic carbocycles. The zero-order valence-electron chi connectivity index (χ0n) is 13.4. The van der Waals surface area contributed by atoms with Gasteiger partial charge in [-0.1, -0.05) is 76.6 Å². The van der Waals surface area contributed by atoms with Crippen molar-refractivity contribution in [1.82, 2.24) is 6.15 Å². The van der Waals surface area contributed by atoms with E-state index < -0.39 is 0 Å². The number of nitrogens with zero attached hydrogens (tertiary/aromatic N) is 1. The molecule has 0 atom stereocenters. The Morgan fingerprint density at radius 2 is 1.38 bits per heavy atom. The molecule has 0 heterocycles. The van der Waals surface area contributed by atoms with Crippen LogP contribution in [0, 0.1) is 0 Å². The van der Waals surface area contributed by atoms with E-state index in [4.69, 9.17) is 9.73 Å². The number of hydrogen-bond donors (Lipinski definition) is 1. The monoisotopic (exact) mass is 382 g/mol. The molecule has 3 nitrogen and oxygen atoms in total. The average molecular weight is 383 g/mol. The molecule has 4 heteroatoms. The molecule has 0 fully saturated rings. The Kier molecular flexibility index (Phi) is 6.29. The summed E-state index contributed by atoms with van der Waals surface area (Å²) in [7, 11) is 1.66. The van der Waals surface area contributed by atoms with E-state index >= 15 is 0 Å². The molecular formula is C20H19BrN2O. The van der Waals surface area contributed by atoms with Crippen molar-refractivity contribution in [2.24, 2.45) is 4.99 Å². The lowest BCUT2D eigenvalue weighted by Crippen LogP contribution is -2.02. The highest BCUT2D eigenvalue weighted by molar-refractivity contribution is 9.10. The number of ether oxygens (including phenoxy) is 1. The molecule has 24 heavy (non-hydrogen) atoms. The average Bonchev–Trinajstić information content (AvgIpc) is 2.62. The standard InChI is InChI=1S/C20H16BrNO.H3N/c1-23-19-14-17(21)12-13-18(19)22-20(15-8-4-2-5-9-15)16-10-6-3-7-11-16;/h2-14H,1H3;1H3. The first-order valence-corrected chi connectivity index (χ1v) is 8.10. The summed E-state index contributed by atoms with van der Waals surface area (Å²) in [4.78, 5) is 4.88. The maximum absolute atomic E-state index is 5.46. The van der Waals surface area contributed by atoms with Crippen LogP contribution in [-0.2, 0) is 0 Å². The summed E-state index contributed by atoms with van der Waals surface area (Å²) in [5, 5.41) is 0. The van der Waals surface area contributed by atoms with E-state index in [1.54, 1.807) is 7.11 Å². The molecular weight excluding hydrogens is 364 g/mol. The second-order valence-electron chi connectivity index (χ2n) is 5.01. The Bertz CT molecular complexity index is 776. The lowest BCUT2D eigenvalue weighted by molar-refractivity contribution is 0.416. The third-order valence-electron chi connectivity index (χ3n) is 3.47. The molecule has 3 aromatic rings. The number of rotatable bonds is 4. The molecule has 0 radical (unpaired) electrons. The van der Waals surface area contributed by atoms with Crippen LogP contribution in [-0.4, -0.2) is 12.8 Å². The summed E-state index contributed by atoms with van der Waals surface area (Å²) in [6.45, 7) is 0. The van der Waals surface area contributed by atoms with Crippen LogP contribution in [0.1, 0.15) is 11.1 Å². The predicted octanol–water partition coefficient (Wildman–Crippen LogP) is 5.79. The van der Waals surface area contributed by atoms with E-state index in [-0.39, 0.29) is 6.15 Å². The fraction of sp³-hybridized carbons (Fsp3) is 0.0500. The molecule has 0 spiro atoms. The summed E-state index contributed by atoms with van der Waals surface area (Å²) >= 11 is 3.46. The minimum absolute atomic E-state index is 0. The predicted molar refractivity (Wildman–Crippen MR) is 104 cm³/mol. The second kappa shape index (κ2) is 8.43. The minimum Gasteiger partial charge on any atom is -0.494 e. The van der Waals surface area contributed by atoms with E-state index in [0.717, 1.165) is 32.7 Å². The molecule has 0 aliphatic heterocycles. The van der Waals surface area contributed by atoms with Crippen LogP contribution in [0.15, 0.2) is 88.3 Å². The zero-order valence-corrected chi connectivity index (χ0v) is 15.0. The quantitative estimate of drug-likeness (QED) is 0.580. The van der Waals surface area contributed by atoms with Gasteiger partial charge < -0.3 is 10.9 Å². The minimum atomic E-state index is 0. The first-order chi connectivity index (χ1) is 11.3. The number of methoxy groups -OCH3 is 1. The number of hydrogen-bond acceptors (Lipinski definition) is 3. The molecule has 122 valence electrons. The van der Waals surface area contributed by atoms with Gasteiger partial charge in [-0.05, 0) is 18.2 Å². The number of halogens is 1. The van der Waals surface area contributed by atoms with E-state index in [9.17, 15) is 0 Å². The Hall–Kier alpha value is -2.43. The Labute approximate surface area is 150 Å². The maximum atomic E-state index is 5.46. The normalized spacial score (nSPS) is 9.75. The lowest BCUT2D eigenvalue weighted by atomic mass is 10.0. The molecule has 0 bridgehead atoms.